The van der Waals surface area contributed by atoms with E-state index in [0.717, 1.165) is 11.5 Å². The maximum absolute atomic E-state index is 11.5. The fourth-order valence-corrected chi connectivity index (χ4v) is 1.28. The first-order valence-corrected chi connectivity index (χ1v) is 4.29. The number of ketones is 1. The molecule has 0 unspecified atom stereocenters. The van der Waals surface area contributed by atoms with E-state index in [-0.39, 0.29) is 11.5 Å². The molecule has 7 heteroatoms. The largest absolute Gasteiger partial charge is 0.285 e. The molecule has 0 saturated heterocycles. The molecule has 66 valence electrons. The number of rotatable bonds is 2. The van der Waals surface area contributed by atoms with E-state index in [2.05, 4.69) is 19.9 Å². The van der Waals surface area contributed by atoms with Crippen LogP contribution in [0.2, 0.25) is 0 Å². The number of aromatic nitrogens is 5. The first kappa shape index (κ1) is 7.99. The van der Waals surface area contributed by atoms with Crippen molar-refractivity contribution in [3.8, 4) is 0 Å². The smallest absolute Gasteiger partial charge is 0.236 e. The summed E-state index contributed by atoms with van der Waals surface area (Å²) in [5.74, 6) is -0.248. The van der Waals surface area contributed by atoms with Crippen LogP contribution in [0, 0.1) is 0 Å². The fraction of sp³-hybridized carbons (Fsp3) is 0.167. The fourth-order valence-electron chi connectivity index (χ4n) is 0.846. The zero-order chi connectivity index (χ0) is 9.26. The molecule has 0 aliphatic rings. The second-order valence-electron chi connectivity index (χ2n) is 2.40. The van der Waals surface area contributed by atoms with Crippen LogP contribution in [0.5, 0.6) is 0 Å². The number of hydrogen-bond donors (Lipinski definition) is 0. The summed E-state index contributed by atoms with van der Waals surface area (Å²) in [6, 6.07) is 0. The highest BCUT2D eigenvalue weighted by atomic mass is 32.1. The van der Waals surface area contributed by atoms with E-state index in [1.165, 1.54) is 4.68 Å². The zero-order valence-electron chi connectivity index (χ0n) is 6.71. The van der Waals surface area contributed by atoms with Crippen molar-refractivity contribution in [2.75, 3.05) is 0 Å². The summed E-state index contributed by atoms with van der Waals surface area (Å²) in [5, 5.41) is 12.5. The van der Waals surface area contributed by atoms with Crippen molar-refractivity contribution in [2.24, 2.45) is 7.05 Å². The molecule has 0 aliphatic heterocycles. The van der Waals surface area contributed by atoms with Gasteiger partial charge in [0.25, 0.3) is 0 Å². The van der Waals surface area contributed by atoms with Crippen LogP contribution >= 0.6 is 11.5 Å². The summed E-state index contributed by atoms with van der Waals surface area (Å²) < 4.78 is 5.06. The minimum absolute atomic E-state index is 0.248. The number of carbonyl (C=O) groups is 1. The van der Waals surface area contributed by atoms with Crippen LogP contribution in [-0.4, -0.2) is 30.4 Å². The van der Waals surface area contributed by atoms with E-state index in [9.17, 15) is 4.79 Å². The topological polar surface area (TPSA) is 73.6 Å². The molecule has 0 bridgehead atoms. The van der Waals surface area contributed by atoms with Gasteiger partial charge >= 0.3 is 0 Å². The van der Waals surface area contributed by atoms with Crippen LogP contribution in [0.1, 0.15) is 16.2 Å². The molecule has 0 N–H and O–H groups in total. The minimum Gasteiger partial charge on any atom is -0.285 e. The van der Waals surface area contributed by atoms with Gasteiger partial charge in [-0.25, -0.2) is 0 Å². The van der Waals surface area contributed by atoms with Gasteiger partial charge in [0.2, 0.25) is 5.78 Å². The molecule has 6 nitrogen and oxygen atoms in total. The minimum atomic E-state index is -0.248. The molecule has 2 heterocycles. The van der Waals surface area contributed by atoms with E-state index in [1.807, 2.05) is 0 Å². The summed E-state index contributed by atoms with van der Waals surface area (Å²) >= 11 is 1.13. The van der Waals surface area contributed by atoms with Crippen LogP contribution in [0.15, 0.2) is 11.6 Å². The van der Waals surface area contributed by atoms with Gasteiger partial charge in [-0.1, -0.05) is 9.70 Å². The van der Waals surface area contributed by atoms with Crippen LogP contribution < -0.4 is 0 Å². The molecule has 0 amide bonds. The van der Waals surface area contributed by atoms with Crippen molar-refractivity contribution < 1.29 is 4.79 Å². The van der Waals surface area contributed by atoms with Crippen molar-refractivity contribution in [1.82, 2.24) is 24.6 Å². The predicted octanol–water partition coefficient (Wildman–Crippen LogP) is -0.102. The van der Waals surface area contributed by atoms with Crippen molar-refractivity contribution in [2.45, 2.75) is 0 Å². The lowest BCUT2D eigenvalue weighted by molar-refractivity contribution is 0.102. The highest BCUT2D eigenvalue weighted by Crippen LogP contribution is 2.04. The zero-order valence-corrected chi connectivity index (χ0v) is 7.52. The summed E-state index contributed by atoms with van der Waals surface area (Å²) in [7, 11) is 1.70. The Kier molecular flexibility index (Phi) is 1.85. The molecule has 2 aromatic rings. The number of carbonyl (C=O) groups excluding carboxylic acids is 1. The third-order valence-corrected chi connectivity index (χ3v) is 1.93. The average Bonchev–Trinajstić information content (AvgIpc) is 2.72. The van der Waals surface area contributed by atoms with E-state index < -0.39 is 0 Å². The highest BCUT2D eigenvalue weighted by molar-refractivity contribution is 7.03. The number of aryl methyl sites for hydroxylation is 1. The Labute approximate surface area is 77.4 Å². The van der Waals surface area contributed by atoms with Crippen molar-refractivity contribution in [3.63, 3.8) is 0 Å². The maximum Gasteiger partial charge on any atom is 0.236 e. The van der Waals surface area contributed by atoms with Crippen LogP contribution in [0.4, 0.5) is 0 Å². The van der Waals surface area contributed by atoms with Crippen molar-refractivity contribution in [1.29, 1.82) is 0 Å². The molecule has 0 radical (unpaired) electrons. The third kappa shape index (κ3) is 1.45. The second-order valence-corrected chi connectivity index (χ2v) is 3.01. The first-order valence-electron chi connectivity index (χ1n) is 3.45. The van der Waals surface area contributed by atoms with Crippen LogP contribution in [0.25, 0.3) is 0 Å². The van der Waals surface area contributed by atoms with Crippen LogP contribution in [-0.2, 0) is 7.05 Å². The Balaban J connectivity index is 2.33. The van der Waals surface area contributed by atoms with E-state index in [4.69, 9.17) is 0 Å². The molecular weight excluding hydrogens is 190 g/mol. The lowest BCUT2D eigenvalue weighted by Crippen LogP contribution is -2.02. The van der Waals surface area contributed by atoms with Gasteiger partial charge in [-0.15, -0.1) is 10.2 Å². The van der Waals surface area contributed by atoms with Crippen molar-refractivity contribution in [3.05, 3.63) is 23.0 Å². The molecule has 0 aliphatic carbocycles. The predicted molar refractivity (Wildman–Crippen MR) is 44.3 cm³/mol. The summed E-state index contributed by atoms with van der Waals surface area (Å²) in [6.45, 7) is 0. The molecule has 0 fully saturated rings. The third-order valence-electron chi connectivity index (χ3n) is 1.43. The van der Waals surface area contributed by atoms with E-state index in [1.54, 1.807) is 18.6 Å². The van der Waals surface area contributed by atoms with Crippen molar-refractivity contribution >= 4 is 17.3 Å². The monoisotopic (exact) mass is 195 g/mol. The van der Waals surface area contributed by atoms with Gasteiger partial charge in [0, 0.05) is 12.4 Å². The second kappa shape index (κ2) is 3.02. The molecular formula is C6H5N5OS. The SMILES string of the molecule is Cn1cc(C(=O)c2csnn2)nn1. The molecule has 0 aromatic carbocycles. The van der Waals surface area contributed by atoms with Gasteiger partial charge in [0.05, 0.1) is 6.20 Å². The highest BCUT2D eigenvalue weighted by Gasteiger charge is 2.14. The van der Waals surface area contributed by atoms with E-state index >= 15 is 0 Å². The quantitative estimate of drug-likeness (QED) is 0.625. The lowest BCUT2D eigenvalue weighted by Gasteiger charge is -1.86. The van der Waals surface area contributed by atoms with E-state index in [0.29, 0.717) is 5.69 Å². The number of nitrogens with zero attached hydrogens (tertiary/aromatic N) is 5. The normalized spacial score (nSPS) is 10.2. The number of hydrogen-bond acceptors (Lipinski definition) is 6. The van der Waals surface area contributed by atoms with Gasteiger partial charge in [-0.3, -0.25) is 9.48 Å². The Morgan fingerprint density at radius 3 is 2.85 bits per heavy atom. The van der Waals surface area contributed by atoms with Gasteiger partial charge in [0.15, 0.2) is 5.69 Å². The standard InChI is InChI=1S/C6H5N5OS/c1-11-2-4(7-9-11)6(12)5-3-13-10-8-5/h2-3H,1H3. The van der Waals surface area contributed by atoms with Gasteiger partial charge in [-0.2, -0.15) is 0 Å². The Bertz CT molecular complexity index is 420. The van der Waals surface area contributed by atoms with Gasteiger partial charge in [0.1, 0.15) is 5.69 Å². The summed E-state index contributed by atoms with van der Waals surface area (Å²) in [5.41, 5.74) is 0.598. The lowest BCUT2D eigenvalue weighted by atomic mass is 10.2. The summed E-state index contributed by atoms with van der Waals surface area (Å²) in [6.07, 6.45) is 1.54. The Morgan fingerprint density at radius 2 is 2.31 bits per heavy atom. The average molecular weight is 195 g/mol. The molecule has 2 rings (SSSR count). The van der Waals surface area contributed by atoms with Crippen LogP contribution in [0.3, 0.4) is 0 Å². The van der Waals surface area contributed by atoms with Gasteiger partial charge < -0.3 is 0 Å². The molecule has 0 saturated carbocycles. The van der Waals surface area contributed by atoms with Gasteiger partial charge in [-0.05, 0) is 11.5 Å². The Hall–Kier alpha value is -1.63. The molecule has 13 heavy (non-hydrogen) atoms. The first-order chi connectivity index (χ1) is 6.27. The maximum atomic E-state index is 11.5. The summed E-state index contributed by atoms with van der Waals surface area (Å²) in [4.78, 5) is 11.5. The molecule has 0 atom stereocenters. The molecule has 2 aromatic heterocycles. The molecule has 0 spiro atoms. The Morgan fingerprint density at radius 1 is 1.46 bits per heavy atom.